The van der Waals surface area contributed by atoms with E-state index in [-0.39, 0.29) is 5.82 Å². The van der Waals surface area contributed by atoms with Crippen molar-refractivity contribution in [3.05, 3.63) is 46.2 Å². The monoisotopic (exact) mass is 362 g/mol. The lowest BCUT2D eigenvalue weighted by atomic mass is 10.2. The average Bonchev–Trinajstić information content (AvgIpc) is 3.12. The number of benzene rings is 1. The third-order valence-corrected chi connectivity index (χ3v) is 5.22. The second kappa shape index (κ2) is 7.44. The summed E-state index contributed by atoms with van der Waals surface area (Å²) in [5.41, 5.74) is 1.52. The van der Waals surface area contributed by atoms with Gasteiger partial charge in [0.2, 0.25) is 0 Å². The Labute approximate surface area is 149 Å². The van der Waals surface area contributed by atoms with E-state index >= 15 is 0 Å². The summed E-state index contributed by atoms with van der Waals surface area (Å²) >= 11 is 3.23. The van der Waals surface area contributed by atoms with Crippen molar-refractivity contribution >= 4 is 23.1 Å². The van der Waals surface area contributed by atoms with Gasteiger partial charge in [-0.25, -0.2) is 9.37 Å². The van der Waals surface area contributed by atoms with E-state index in [4.69, 9.17) is 0 Å². The highest BCUT2D eigenvalue weighted by Crippen LogP contribution is 2.28. The van der Waals surface area contributed by atoms with E-state index < -0.39 is 0 Å². The minimum absolute atomic E-state index is 0.276. The van der Waals surface area contributed by atoms with Crippen molar-refractivity contribution in [3.63, 3.8) is 0 Å². The summed E-state index contributed by atoms with van der Waals surface area (Å²) in [5, 5.41) is 12.5. The van der Waals surface area contributed by atoms with Crippen LogP contribution in [0.1, 0.15) is 24.5 Å². The first-order chi connectivity index (χ1) is 11.5. The number of thioether (sulfide) groups is 1. The molecule has 3 aromatic rings. The van der Waals surface area contributed by atoms with Crippen molar-refractivity contribution in [2.24, 2.45) is 5.92 Å². The van der Waals surface area contributed by atoms with Crippen LogP contribution in [-0.4, -0.2) is 19.7 Å². The van der Waals surface area contributed by atoms with Crippen LogP contribution in [0, 0.1) is 18.7 Å². The Morgan fingerprint density at radius 1 is 1.25 bits per heavy atom. The molecule has 0 aliphatic heterocycles. The first-order valence-electron chi connectivity index (χ1n) is 7.76. The summed E-state index contributed by atoms with van der Waals surface area (Å²) in [7, 11) is 0. The van der Waals surface area contributed by atoms with Gasteiger partial charge in [0, 0.05) is 17.7 Å². The molecule has 0 saturated heterocycles. The largest absolute Gasteiger partial charge is 0.302 e. The molecule has 0 aliphatic carbocycles. The lowest BCUT2D eigenvalue weighted by Crippen LogP contribution is -2.08. The van der Waals surface area contributed by atoms with Gasteiger partial charge in [-0.2, -0.15) is 0 Å². The highest BCUT2D eigenvalue weighted by Gasteiger charge is 2.18. The van der Waals surface area contributed by atoms with Crippen LogP contribution in [0.4, 0.5) is 4.39 Å². The fraction of sp³-hybridized carbons (Fsp3) is 0.353. The molecule has 0 spiro atoms. The Kier molecular flexibility index (Phi) is 5.30. The third-order valence-electron chi connectivity index (χ3n) is 3.40. The third kappa shape index (κ3) is 3.84. The second-order valence-electron chi connectivity index (χ2n) is 5.94. The molecule has 7 heteroatoms. The van der Waals surface area contributed by atoms with Crippen LogP contribution in [-0.2, 0) is 12.3 Å². The molecular weight excluding hydrogens is 343 g/mol. The Morgan fingerprint density at radius 3 is 2.71 bits per heavy atom. The van der Waals surface area contributed by atoms with Gasteiger partial charge < -0.3 is 4.57 Å². The molecule has 0 unspecified atom stereocenters. The maximum Gasteiger partial charge on any atom is 0.191 e. The van der Waals surface area contributed by atoms with Crippen LogP contribution in [0.2, 0.25) is 0 Å². The number of aromatic nitrogens is 4. The summed E-state index contributed by atoms with van der Waals surface area (Å²) in [5.74, 6) is 1.45. The molecule has 4 nitrogen and oxygen atoms in total. The van der Waals surface area contributed by atoms with Crippen molar-refractivity contribution in [3.8, 4) is 11.4 Å². The smallest absolute Gasteiger partial charge is 0.191 e. The molecule has 0 bridgehead atoms. The van der Waals surface area contributed by atoms with Crippen LogP contribution in [0.15, 0.2) is 34.8 Å². The molecule has 0 N–H and O–H groups in total. The maximum absolute atomic E-state index is 14.2. The van der Waals surface area contributed by atoms with Crippen LogP contribution in [0.3, 0.4) is 0 Å². The molecule has 24 heavy (non-hydrogen) atoms. The highest BCUT2D eigenvalue weighted by molar-refractivity contribution is 7.98. The van der Waals surface area contributed by atoms with Crippen molar-refractivity contribution in [2.45, 2.75) is 38.2 Å². The average molecular weight is 362 g/mol. The molecule has 0 amide bonds. The summed E-state index contributed by atoms with van der Waals surface area (Å²) in [6, 6.07) is 6.70. The summed E-state index contributed by atoms with van der Waals surface area (Å²) in [6.07, 6.45) is 0. The van der Waals surface area contributed by atoms with E-state index in [0.29, 0.717) is 17.3 Å². The van der Waals surface area contributed by atoms with E-state index in [0.717, 1.165) is 28.2 Å². The highest BCUT2D eigenvalue weighted by atomic mass is 32.2. The van der Waals surface area contributed by atoms with Crippen LogP contribution < -0.4 is 0 Å². The molecule has 0 fully saturated rings. The Morgan fingerprint density at radius 2 is 2.04 bits per heavy atom. The zero-order valence-electron chi connectivity index (χ0n) is 13.9. The molecular formula is C17H19FN4S2. The van der Waals surface area contributed by atoms with Gasteiger partial charge in [0.1, 0.15) is 5.82 Å². The van der Waals surface area contributed by atoms with Crippen LogP contribution in [0.5, 0.6) is 0 Å². The van der Waals surface area contributed by atoms with Crippen molar-refractivity contribution in [1.82, 2.24) is 19.7 Å². The van der Waals surface area contributed by atoms with Crippen LogP contribution in [0.25, 0.3) is 11.4 Å². The van der Waals surface area contributed by atoms with Gasteiger partial charge in [-0.05, 0) is 25.0 Å². The number of nitrogens with zero attached hydrogens (tertiary/aromatic N) is 4. The number of hydrogen-bond acceptors (Lipinski definition) is 5. The van der Waals surface area contributed by atoms with Gasteiger partial charge in [-0.1, -0.05) is 37.7 Å². The second-order valence-corrected chi connectivity index (χ2v) is 7.94. The first-order valence-corrected chi connectivity index (χ1v) is 9.63. The molecule has 2 heterocycles. The quantitative estimate of drug-likeness (QED) is 0.591. The SMILES string of the molecule is Cc1nc(CSc2nnc(-c3ccccc3F)n2CC(C)C)cs1. The number of rotatable bonds is 6. The molecule has 0 atom stereocenters. The van der Waals surface area contributed by atoms with E-state index in [9.17, 15) is 4.39 Å². The molecule has 126 valence electrons. The standard InChI is InChI=1S/C17H19FN4S2/c1-11(2)8-22-16(14-6-4-5-7-15(14)18)20-21-17(22)24-10-13-9-23-12(3)19-13/h4-7,9,11H,8,10H2,1-3H3. The normalized spacial score (nSPS) is 11.4. The zero-order valence-corrected chi connectivity index (χ0v) is 15.5. The first kappa shape index (κ1) is 17.1. The minimum Gasteiger partial charge on any atom is -0.302 e. The number of hydrogen-bond donors (Lipinski definition) is 0. The van der Waals surface area contributed by atoms with E-state index in [1.54, 1.807) is 35.2 Å². The molecule has 1 aromatic carbocycles. The summed E-state index contributed by atoms with van der Waals surface area (Å²) in [4.78, 5) is 4.48. The summed E-state index contributed by atoms with van der Waals surface area (Å²) < 4.78 is 16.2. The fourth-order valence-electron chi connectivity index (χ4n) is 2.38. The Bertz CT molecular complexity index is 826. The maximum atomic E-state index is 14.2. The molecule has 3 rings (SSSR count). The van der Waals surface area contributed by atoms with Gasteiger partial charge in [-0.15, -0.1) is 21.5 Å². The van der Waals surface area contributed by atoms with E-state index in [1.165, 1.54) is 6.07 Å². The number of thiazole rings is 1. The van der Waals surface area contributed by atoms with Gasteiger partial charge in [0.15, 0.2) is 11.0 Å². The molecule has 2 aromatic heterocycles. The topological polar surface area (TPSA) is 43.6 Å². The van der Waals surface area contributed by atoms with Crippen molar-refractivity contribution < 1.29 is 4.39 Å². The summed E-state index contributed by atoms with van der Waals surface area (Å²) in [6.45, 7) is 7.00. The van der Waals surface area contributed by atoms with Gasteiger partial charge >= 0.3 is 0 Å². The predicted octanol–water partition coefficient (Wildman–Crippen LogP) is 4.80. The van der Waals surface area contributed by atoms with Gasteiger partial charge in [-0.3, -0.25) is 0 Å². The van der Waals surface area contributed by atoms with Crippen molar-refractivity contribution in [1.29, 1.82) is 0 Å². The molecule has 0 radical (unpaired) electrons. The minimum atomic E-state index is -0.276. The van der Waals surface area contributed by atoms with Gasteiger partial charge in [0.05, 0.1) is 16.3 Å². The number of aryl methyl sites for hydroxylation is 1. The van der Waals surface area contributed by atoms with E-state index in [1.807, 2.05) is 17.6 Å². The lowest BCUT2D eigenvalue weighted by Gasteiger charge is -2.12. The lowest BCUT2D eigenvalue weighted by molar-refractivity contribution is 0.496. The van der Waals surface area contributed by atoms with Crippen molar-refractivity contribution in [2.75, 3.05) is 0 Å². The Balaban J connectivity index is 1.90. The molecule has 0 aliphatic rings. The van der Waals surface area contributed by atoms with E-state index in [2.05, 4.69) is 34.4 Å². The number of halogens is 1. The Hall–Kier alpha value is -1.73. The fourth-order valence-corrected chi connectivity index (χ4v) is 3.94. The van der Waals surface area contributed by atoms with Crippen LogP contribution >= 0.6 is 23.1 Å². The van der Waals surface area contributed by atoms with Gasteiger partial charge in [0.25, 0.3) is 0 Å². The molecule has 0 saturated carbocycles. The predicted molar refractivity (Wildman–Crippen MR) is 96.7 cm³/mol. The zero-order chi connectivity index (χ0) is 17.1.